The van der Waals surface area contributed by atoms with Crippen LogP contribution in [0.2, 0.25) is 0 Å². The number of hydrogen-bond acceptors (Lipinski definition) is 1. The summed E-state index contributed by atoms with van der Waals surface area (Å²) in [6.45, 7) is -1.59. The zero-order chi connectivity index (χ0) is 12.7. The van der Waals surface area contributed by atoms with Crippen molar-refractivity contribution in [3.05, 3.63) is 54.2 Å². The third-order valence-electron chi connectivity index (χ3n) is 1.98. The van der Waals surface area contributed by atoms with E-state index >= 15 is 0 Å². The van der Waals surface area contributed by atoms with Gasteiger partial charge in [-0.1, -0.05) is 30.3 Å². The predicted molar refractivity (Wildman–Crippen MR) is 61.5 cm³/mol. The summed E-state index contributed by atoms with van der Waals surface area (Å²) >= 11 is 0. The van der Waals surface area contributed by atoms with Crippen molar-refractivity contribution < 1.29 is 33.3 Å². The van der Waals surface area contributed by atoms with Crippen LogP contribution in [-0.4, -0.2) is 11.7 Å². The fourth-order valence-electron chi connectivity index (χ4n) is 1.30. The van der Waals surface area contributed by atoms with E-state index in [1.165, 1.54) is 11.1 Å². The molecule has 1 nitrogen and oxygen atoms in total. The molecule has 0 aliphatic carbocycles. The van der Waals surface area contributed by atoms with Gasteiger partial charge in [0, 0.05) is 31.9 Å². The first-order chi connectivity index (χ1) is 8.09. The molecule has 0 spiro atoms. The van der Waals surface area contributed by atoms with Crippen LogP contribution in [-0.2, 0) is 20.1 Å². The van der Waals surface area contributed by atoms with E-state index in [0.29, 0.717) is 0 Å². The fraction of sp³-hybridized carbons (Fsp3) is 0.154. The van der Waals surface area contributed by atoms with Crippen LogP contribution in [0, 0.1) is 6.92 Å². The first kappa shape index (κ1) is 16.8. The number of pyridine rings is 1. The van der Waals surface area contributed by atoms with Gasteiger partial charge in [-0.15, -0.1) is 0 Å². The summed E-state index contributed by atoms with van der Waals surface area (Å²) in [4.78, 5) is 4.31. The minimum Gasteiger partial charge on any atom is -0.256 e. The molecule has 1 radical (unpaired) electrons. The number of nitrogens with zero attached hydrogens (tertiary/aromatic N) is 1. The molecule has 0 aliphatic heterocycles. The molecule has 1 aromatic heterocycles. The molecule has 18 heavy (non-hydrogen) atoms. The van der Waals surface area contributed by atoms with E-state index in [1.807, 2.05) is 30.5 Å². The van der Waals surface area contributed by atoms with Crippen LogP contribution in [0.25, 0.3) is 11.3 Å². The van der Waals surface area contributed by atoms with Gasteiger partial charge >= 0.3 is 6.68 Å². The van der Waals surface area contributed by atoms with Crippen LogP contribution in [0.5, 0.6) is 0 Å². The third kappa shape index (κ3) is 6.52. The summed E-state index contributed by atoms with van der Waals surface area (Å²) in [6.07, 6.45) is 1.84. The molecule has 0 saturated carbocycles. The Bertz CT molecular complexity index is 446. The molecule has 0 N–H and O–H groups in total. The molecule has 5 heteroatoms. The molecule has 0 unspecified atom stereocenters. The van der Waals surface area contributed by atoms with Gasteiger partial charge in [0.05, 0.1) is 5.69 Å². The van der Waals surface area contributed by atoms with Gasteiger partial charge in [-0.2, -0.15) is 13.2 Å². The molecule has 1 heterocycles. The fourth-order valence-corrected chi connectivity index (χ4v) is 1.30. The summed E-state index contributed by atoms with van der Waals surface area (Å²) in [6, 6.07) is 14.3. The van der Waals surface area contributed by atoms with Gasteiger partial charge in [0.1, 0.15) is 0 Å². The van der Waals surface area contributed by atoms with E-state index in [9.17, 15) is 13.2 Å². The van der Waals surface area contributed by atoms with Crippen molar-refractivity contribution in [1.29, 1.82) is 0 Å². The summed E-state index contributed by atoms with van der Waals surface area (Å²) in [5, 5.41) is 0. The molecule has 2 aromatic rings. The topological polar surface area (TPSA) is 12.9 Å². The largest absolute Gasteiger partial charge is 0.379 e. The van der Waals surface area contributed by atoms with Crippen LogP contribution in [0.15, 0.2) is 48.7 Å². The quantitative estimate of drug-likeness (QED) is 0.659. The van der Waals surface area contributed by atoms with Crippen LogP contribution in [0.4, 0.5) is 13.2 Å². The Hall–Kier alpha value is -1.19. The molecule has 0 saturated heterocycles. The van der Waals surface area contributed by atoms with Crippen LogP contribution >= 0.6 is 0 Å². The number of hydrogen-bond donors (Lipinski definition) is 0. The van der Waals surface area contributed by atoms with Crippen molar-refractivity contribution in [3.8, 4) is 11.3 Å². The molecule has 0 bridgehead atoms. The Labute approximate surface area is 117 Å². The Balaban J connectivity index is 0.000000512. The second-order valence-corrected chi connectivity index (χ2v) is 3.33. The SMILES string of the molecule is Cc1ccnc(-c2ccccc2)c1.FC(F)F.[Ir]. The van der Waals surface area contributed by atoms with E-state index in [4.69, 9.17) is 0 Å². The first-order valence-corrected chi connectivity index (χ1v) is 5.00. The standard InChI is InChI=1S/C12H11N.CHF3.Ir/c1-10-7-8-13-12(9-10)11-5-3-2-4-6-11;2-1(3)4;/h2-9H,1H3;1H;. The Morgan fingerprint density at radius 1 is 1.00 bits per heavy atom. The van der Waals surface area contributed by atoms with Gasteiger partial charge in [0.2, 0.25) is 0 Å². The average molecular weight is 431 g/mol. The normalized spacial score (nSPS) is 9.17. The van der Waals surface area contributed by atoms with Gasteiger partial charge in [0.15, 0.2) is 0 Å². The molecule has 99 valence electrons. The number of rotatable bonds is 1. The third-order valence-corrected chi connectivity index (χ3v) is 1.98. The van der Waals surface area contributed by atoms with Gasteiger partial charge in [0.25, 0.3) is 0 Å². The Morgan fingerprint density at radius 2 is 1.56 bits per heavy atom. The maximum Gasteiger partial charge on any atom is 0.379 e. The molecular weight excluding hydrogens is 419 g/mol. The summed E-state index contributed by atoms with van der Waals surface area (Å²) < 4.78 is 29.0. The van der Waals surface area contributed by atoms with E-state index in [0.717, 1.165) is 5.69 Å². The molecule has 0 amide bonds. The van der Waals surface area contributed by atoms with E-state index < -0.39 is 6.68 Å². The monoisotopic (exact) mass is 432 g/mol. The smallest absolute Gasteiger partial charge is 0.256 e. The molecule has 0 fully saturated rings. The van der Waals surface area contributed by atoms with Crippen molar-refractivity contribution in [2.45, 2.75) is 13.6 Å². The molecular formula is C13H12F3IrN. The van der Waals surface area contributed by atoms with Gasteiger partial charge in [-0.25, -0.2) is 0 Å². The minimum absolute atomic E-state index is 0. The average Bonchev–Trinajstić information content (AvgIpc) is 2.29. The number of aryl methyl sites for hydroxylation is 1. The van der Waals surface area contributed by atoms with Crippen molar-refractivity contribution in [2.75, 3.05) is 0 Å². The van der Waals surface area contributed by atoms with Crippen molar-refractivity contribution in [3.63, 3.8) is 0 Å². The molecule has 1 aromatic carbocycles. The van der Waals surface area contributed by atoms with Crippen LogP contribution < -0.4 is 0 Å². The van der Waals surface area contributed by atoms with E-state index in [-0.39, 0.29) is 20.1 Å². The number of aromatic nitrogens is 1. The summed E-state index contributed by atoms with van der Waals surface area (Å²) in [5.41, 5.74) is 3.46. The van der Waals surface area contributed by atoms with Crippen LogP contribution in [0.3, 0.4) is 0 Å². The zero-order valence-corrected chi connectivity index (χ0v) is 12.0. The Morgan fingerprint density at radius 3 is 2.06 bits per heavy atom. The molecule has 0 atom stereocenters. The summed E-state index contributed by atoms with van der Waals surface area (Å²) in [5.74, 6) is 0. The first-order valence-electron chi connectivity index (χ1n) is 5.00. The Kier molecular flexibility index (Phi) is 8.25. The second-order valence-electron chi connectivity index (χ2n) is 3.33. The number of benzene rings is 1. The van der Waals surface area contributed by atoms with Crippen LogP contribution in [0.1, 0.15) is 5.56 Å². The second kappa shape index (κ2) is 8.84. The molecule has 2 rings (SSSR count). The van der Waals surface area contributed by atoms with Crippen molar-refractivity contribution in [2.24, 2.45) is 0 Å². The van der Waals surface area contributed by atoms with Crippen molar-refractivity contribution >= 4 is 0 Å². The zero-order valence-electron chi connectivity index (χ0n) is 9.61. The van der Waals surface area contributed by atoms with Gasteiger partial charge in [-0.05, 0) is 24.6 Å². The minimum atomic E-state index is -3.67. The maximum atomic E-state index is 9.67. The van der Waals surface area contributed by atoms with Gasteiger partial charge < -0.3 is 0 Å². The van der Waals surface area contributed by atoms with Gasteiger partial charge in [-0.3, -0.25) is 4.98 Å². The number of halogens is 3. The van der Waals surface area contributed by atoms with Crippen molar-refractivity contribution in [1.82, 2.24) is 4.98 Å². The maximum absolute atomic E-state index is 9.67. The summed E-state index contributed by atoms with van der Waals surface area (Å²) in [7, 11) is 0. The number of alkyl halides is 3. The molecule has 0 aliphatic rings. The predicted octanol–water partition coefficient (Wildman–Crippen LogP) is 4.23. The van der Waals surface area contributed by atoms with E-state index in [2.05, 4.69) is 30.1 Å². The van der Waals surface area contributed by atoms with E-state index in [1.54, 1.807) is 0 Å².